The zero-order valence-electron chi connectivity index (χ0n) is 20.3. The molecule has 0 aliphatic rings. The third-order valence-corrected chi connectivity index (χ3v) is 3.91. The summed E-state index contributed by atoms with van der Waals surface area (Å²) >= 11 is 0. The Morgan fingerprint density at radius 2 is 1.85 bits per heavy atom. The number of hydrogen-bond donors (Lipinski definition) is 2. The number of carbonyl (C=O) groups is 3. The van der Waals surface area contributed by atoms with Crippen molar-refractivity contribution in [1.29, 1.82) is 0 Å². The lowest BCUT2D eigenvalue weighted by Crippen LogP contribution is -2.36. The van der Waals surface area contributed by atoms with Gasteiger partial charge in [-0.3, -0.25) is 9.63 Å². The predicted octanol–water partition coefficient (Wildman–Crippen LogP) is 2.49. The molecule has 0 unspecified atom stereocenters. The number of nitrogens with one attached hydrogen (secondary N) is 1. The van der Waals surface area contributed by atoms with Gasteiger partial charge >= 0.3 is 12.1 Å². The van der Waals surface area contributed by atoms with Crippen molar-refractivity contribution in [2.75, 3.05) is 46.6 Å². The fourth-order valence-corrected chi connectivity index (χ4v) is 2.47. The first-order chi connectivity index (χ1) is 16.1. The fraction of sp³-hybridized carbons (Fsp3) is 0.522. The molecule has 0 saturated carbocycles. The van der Waals surface area contributed by atoms with Gasteiger partial charge in [0.15, 0.2) is 18.1 Å². The minimum atomic E-state index is -1.06. The Bertz CT molecular complexity index is 834. The van der Waals surface area contributed by atoms with Gasteiger partial charge in [0.2, 0.25) is 0 Å². The molecule has 11 heteroatoms. The van der Waals surface area contributed by atoms with Crippen LogP contribution in [0.5, 0.6) is 11.5 Å². The summed E-state index contributed by atoms with van der Waals surface area (Å²) in [5.41, 5.74) is 0.0460. The van der Waals surface area contributed by atoms with Gasteiger partial charge in [-0.2, -0.15) is 0 Å². The maximum atomic E-state index is 12.4. The first-order valence-electron chi connectivity index (χ1n) is 10.8. The zero-order valence-corrected chi connectivity index (χ0v) is 20.3. The van der Waals surface area contributed by atoms with Crippen molar-refractivity contribution < 1.29 is 43.3 Å². The van der Waals surface area contributed by atoms with E-state index in [4.69, 9.17) is 28.9 Å². The van der Waals surface area contributed by atoms with Crippen molar-refractivity contribution in [3.63, 3.8) is 0 Å². The Labute approximate surface area is 199 Å². The Kier molecular flexibility index (Phi) is 12.5. The van der Waals surface area contributed by atoms with E-state index >= 15 is 0 Å². The monoisotopic (exact) mass is 482 g/mol. The number of hydrogen-bond acceptors (Lipinski definition) is 8. The van der Waals surface area contributed by atoms with E-state index in [1.807, 2.05) is 0 Å². The second kappa shape index (κ2) is 14.8. The summed E-state index contributed by atoms with van der Waals surface area (Å²) in [7, 11) is 1.44. The summed E-state index contributed by atoms with van der Waals surface area (Å²) in [6.07, 6.45) is 1.91. The van der Waals surface area contributed by atoms with Gasteiger partial charge in [0, 0.05) is 19.2 Å². The quantitative estimate of drug-likeness (QED) is 0.233. The Hall–Kier alpha value is -3.31. The molecule has 34 heavy (non-hydrogen) atoms. The topological polar surface area (TPSA) is 133 Å². The van der Waals surface area contributed by atoms with E-state index in [2.05, 4.69) is 5.32 Å². The Balaban J connectivity index is 2.37. The molecule has 0 radical (unpaired) electrons. The summed E-state index contributed by atoms with van der Waals surface area (Å²) in [5.74, 6) is -0.767. The Morgan fingerprint density at radius 1 is 1.12 bits per heavy atom. The van der Waals surface area contributed by atoms with E-state index < -0.39 is 23.6 Å². The van der Waals surface area contributed by atoms with Crippen molar-refractivity contribution in [2.24, 2.45) is 0 Å². The summed E-state index contributed by atoms with van der Waals surface area (Å²) in [5, 5.41) is 12.5. The van der Waals surface area contributed by atoms with Gasteiger partial charge in [0.05, 0.1) is 26.9 Å². The number of likely N-dealkylation sites (N-methyl/N-ethyl adjacent to an activating group) is 1. The maximum Gasteiger partial charge on any atom is 0.407 e. The lowest BCUT2D eigenvalue weighted by molar-refractivity contribution is -0.191. The standard InChI is InChI=1S/C23H34N2O9/c1-6-25(33-14-13-31-12-11-24-22(29)34-23(2,3)4)20(26)16-32-18-9-7-17(8-10-21(27)28)15-19(18)30-5/h7-10,15H,6,11-14,16H2,1-5H3,(H,24,29)(H,27,28). The number of ether oxygens (including phenoxy) is 4. The van der Waals surface area contributed by atoms with Crippen LogP contribution < -0.4 is 14.8 Å². The van der Waals surface area contributed by atoms with Crippen LogP contribution in [-0.4, -0.2) is 80.4 Å². The highest BCUT2D eigenvalue weighted by molar-refractivity contribution is 5.85. The summed E-state index contributed by atoms with van der Waals surface area (Å²) in [6.45, 7) is 8.03. The van der Waals surface area contributed by atoms with Gasteiger partial charge in [0.1, 0.15) is 5.60 Å². The van der Waals surface area contributed by atoms with Crippen molar-refractivity contribution in [3.8, 4) is 11.5 Å². The van der Waals surface area contributed by atoms with Crippen molar-refractivity contribution in [2.45, 2.75) is 33.3 Å². The molecule has 0 heterocycles. The molecule has 0 fully saturated rings. The van der Waals surface area contributed by atoms with Crippen LogP contribution >= 0.6 is 0 Å². The summed E-state index contributed by atoms with van der Waals surface area (Å²) < 4.78 is 21.3. The maximum absolute atomic E-state index is 12.4. The van der Waals surface area contributed by atoms with E-state index in [1.165, 1.54) is 18.2 Å². The minimum absolute atomic E-state index is 0.139. The first kappa shape index (κ1) is 28.7. The highest BCUT2D eigenvalue weighted by Crippen LogP contribution is 2.28. The largest absolute Gasteiger partial charge is 0.493 e. The molecule has 0 aliphatic carbocycles. The van der Waals surface area contributed by atoms with Gasteiger partial charge < -0.3 is 29.4 Å². The molecule has 0 aliphatic heterocycles. The molecule has 2 amide bonds. The van der Waals surface area contributed by atoms with Crippen LogP contribution in [0.1, 0.15) is 33.3 Å². The average molecular weight is 483 g/mol. The van der Waals surface area contributed by atoms with Gasteiger partial charge in [-0.05, 0) is 51.5 Å². The number of hydroxylamine groups is 2. The Morgan fingerprint density at radius 3 is 2.47 bits per heavy atom. The third kappa shape index (κ3) is 12.1. The number of carbonyl (C=O) groups excluding carboxylic acids is 2. The number of amides is 2. The molecule has 0 saturated heterocycles. The number of aliphatic carboxylic acids is 1. The molecular weight excluding hydrogens is 448 g/mol. The summed E-state index contributed by atoms with van der Waals surface area (Å²) in [6, 6.07) is 4.83. The van der Waals surface area contributed by atoms with E-state index in [0.29, 0.717) is 23.6 Å². The smallest absolute Gasteiger partial charge is 0.407 e. The van der Waals surface area contributed by atoms with Gasteiger partial charge in [-0.1, -0.05) is 6.07 Å². The molecule has 0 atom stereocenters. The molecule has 0 spiro atoms. The number of carboxylic acid groups (broad SMARTS) is 1. The second-order valence-electron chi connectivity index (χ2n) is 7.83. The lowest BCUT2D eigenvalue weighted by Gasteiger charge is -2.21. The van der Waals surface area contributed by atoms with E-state index in [0.717, 1.165) is 6.08 Å². The number of nitrogens with zero attached hydrogens (tertiary/aromatic N) is 1. The molecule has 1 rings (SSSR count). The molecule has 0 aromatic heterocycles. The van der Waals surface area contributed by atoms with Crippen LogP contribution in [0.4, 0.5) is 4.79 Å². The van der Waals surface area contributed by atoms with Crippen molar-refractivity contribution >= 4 is 24.0 Å². The van der Waals surface area contributed by atoms with Gasteiger partial charge in [-0.25, -0.2) is 14.7 Å². The number of methoxy groups -OCH3 is 1. The van der Waals surface area contributed by atoms with Crippen LogP contribution in [0.15, 0.2) is 24.3 Å². The predicted molar refractivity (Wildman–Crippen MR) is 124 cm³/mol. The highest BCUT2D eigenvalue weighted by Gasteiger charge is 2.16. The normalized spacial score (nSPS) is 11.2. The van der Waals surface area contributed by atoms with Crippen LogP contribution in [0, 0.1) is 0 Å². The highest BCUT2D eigenvalue weighted by atomic mass is 16.7. The molecule has 11 nitrogen and oxygen atoms in total. The summed E-state index contributed by atoms with van der Waals surface area (Å²) in [4.78, 5) is 40.0. The van der Waals surface area contributed by atoms with Crippen LogP contribution in [0.25, 0.3) is 6.08 Å². The van der Waals surface area contributed by atoms with Gasteiger partial charge in [0.25, 0.3) is 5.91 Å². The SMILES string of the molecule is CCN(OCCOCCNC(=O)OC(C)(C)C)C(=O)COc1ccc(C=CC(=O)O)cc1OC. The molecule has 0 bridgehead atoms. The van der Waals surface area contributed by atoms with Crippen LogP contribution in [-0.2, 0) is 23.9 Å². The second-order valence-corrected chi connectivity index (χ2v) is 7.83. The van der Waals surface area contributed by atoms with Crippen molar-refractivity contribution in [3.05, 3.63) is 29.8 Å². The lowest BCUT2D eigenvalue weighted by atomic mass is 10.2. The van der Waals surface area contributed by atoms with Crippen molar-refractivity contribution in [1.82, 2.24) is 10.4 Å². The fourth-order valence-electron chi connectivity index (χ4n) is 2.47. The number of benzene rings is 1. The van der Waals surface area contributed by atoms with Crippen LogP contribution in [0.2, 0.25) is 0 Å². The third-order valence-electron chi connectivity index (χ3n) is 3.91. The minimum Gasteiger partial charge on any atom is -0.493 e. The first-order valence-corrected chi connectivity index (χ1v) is 10.8. The molecule has 1 aromatic carbocycles. The average Bonchev–Trinajstić information content (AvgIpc) is 2.76. The van der Waals surface area contributed by atoms with E-state index in [9.17, 15) is 14.4 Å². The van der Waals surface area contributed by atoms with Gasteiger partial charge in [-0.15, -0.1) is 0 Å². The number of alkyl carbamates (subject to hydrolysis) is 1. The van der Waals surface area contributed by atoms with E-state index in [-0.39, 0.29) is 33.0 Å². The molecule has 190 valence electrons. The molecule has 2 N–H and O–H groups in total. The number of rotatable bonds is 14. The van der Waals surface area contributed by atoms with Crippen LogP contribution in [0.3, 0.4) is 0 Å². The zero-order chi connectivity index (χ0) is 25.6. The molecular formula is C23H34N2O9. The number of carboxylic acids is 1. The molecule has 1 aromatic rings. The van der Waals surface area contributed by atoms with E-state index in [1.54, 1.807) is 45.9 Å².